The zero-order chi connectivity index (χ0) is 19.3. The van der Waals surface area contributed by atoms with Crippen molar-refractivity contribution in [1.82, 2.24) is 0 Å². The number of nitrogens with one attached hydrogen (secondary N) is 2. The monoisotopic (exact) mass is 398 g/mol. The minimum absolute atomic E-state index is 0.243. The van der Waals surface area contributed by atoms with E-state index in [4.69, 9.17) is 32.7 Å². The number of urea groups is 1. The summed E-state index contributed by atoms with van der Waals surface area (Å²) in [7, 11) is 4.16. The zero-order valence-electron chi connectivity index (χ0n) is 14.2. The Balaban J connectivity index is 2.23. The lowest BCUT2D eigenvalue weighted by Gasteiger charge is -2.14. The molecule has 138 valence electrons. The van der Waals surface area contributed by atoms with Crippen molar-refractivity contribution in [3.8, 4) is 11.5 Å². The molecule has 0 radical (unpaired) electrons. The largest absolute Gasteiger partial charge is 0.495 e. The highest BCUT2D eigenvalue weighted by molar-refractivity contribution is 6.34. The van der Waals surface area contributed by atoms with Gasteiger partial charge >= 0.3 is 12.0 Å². The van der Waals surface area contributed by atoms with Gasteiger partial charge in [-0.05, 0) is 18.2 Å². The molecule has 7 nitrogen and oxygen atoms in total. The normalized spacial score (nSPS) is 10.0. The molecule has 0 saturated heterocycles. The number of anilines is 2. The number of hydrogen-bond donors (Lipinski definition) is 2. The van der Waals surface area contributed by atoms with Crippen LogP contribution in [0.4, 0.5) is 16.2 Å². The van der Waals surface area contributed by atoms with E-state index in [0.29, 0.717) is 22.2 Å². The second kappa shape index (κ2) is 8.64. The van der Waals surface area contributed by atoms with Gasteiger partial charge in [0.05, 0.1) is 48.3 Å². The van der Waals surface area contributed by atoms with Crippen molar-refractivity contribution in [2.24, 2.45) is 0 Å². The third kappa shape index (κ3) is 4.50. The van der Waals surface area contributed by atoms with Crippen LogP contribution in [0.15, 0.2) is 30.3 Å². The molecule has 0 bridgehead atoms. The fourth-order valence-electron chi connectivity index (χ4n) is 2.10. The van der Waals surface area contributed by atoms with E-state index in [1.165, 1.54) is 51.7 Å². The number of amides is 2. The van der Waals surface area contributed by atoms with E-state index in [0.717, 1.165) is 0 Å². The summed E-state index contributed by atoms with van der Waals surface area (Å²) in [6, 6.07) is 6.82. The van der Waals surface area contributed by atoms with E-state index in [-0.39, 0.29) is 16.3 Å². The lowest BCUT2D eigenvalue weighted by molar-refractivity contribution is 0.0600. The Hall–Kier alpha value is -2.64. The molecular weight excluding hydrogens is 383 g/mol. The average molecular weight is 399 g/mol. The minimum Gasteiger partial charge on any atom is -0.495 e. The Morgan fingerprint density at radius 3 is 2.12 bits per heavy atom. The highest BCUT2D eigenvalue weighted by atomic mass is 35.5. The predicted octanol–water partition coefficient (Wildman–Crippen LogP) is 4.44. The summed E-state index contributed by atoms with van der Waals surface area (Å²) in [6.45, 7) is 0. The summed E-state index contributed by atoms with van der Waals surface area (Å²) in [4.78, 5) is 23.9. The number of rotatable bonds is 5. The first-order chi connectivity index (χ1) is 12.4. The molecule has 0 heterocycles. The minimum atomic E-state index is -0.600. The number of carbonyl (C=O) groups is 2. The molecule has 0 atom stereocenters. The van der Waals surface area contributed by atoms with Gasteiger partial charge in [-0.25, -0.2) is 9.59 Å². The Bertz CT molecular complexity index is 842. The topological polar surface area (TPSA) is 85.9 Å². The van der Waals surface area contributed by atoms with Crippen LogP contribution in [-0.2, 0) is 4.74 Å². The second-order valence-electron chi connectivity index (χ2n) is 4.95. The van der Waals surface area contributed by atoms with Crippen LogP contribution in [0.3, 0.4) is 0 Å². The van der Waals surface area contributed by atoms with E-state index in [1.54, 1.807) is 0 Å². The molecule has 2 amide bonds. The predicted molar refractivity (Wildman–Crippen MR) is 100.0 cm³/mol. The number of halogens is 2. The van der Waals surface area contributed by atoms with E-state index in [9.17, 15) is 9.59 Å². The first kappa shape index (κ1) is 19.7. The van der Waals surface area contributed by atoms with E-state index < -0.39 is 12.0 Å². The standard InChI is InChI=1S/C17H16Cl2N2O5/c1-24-14-8-13(15(25-2)7-11(14)19)21-17(23)20-12-6-9(16(22)26-3)4-5-10(12)18/h4-8H,1-3H3,(H2,20,21,23). The van der Waals surface area contributed by atoms with Crippen LogP contribution in [0.25, 0.3) is 0 Å². The summed E-state index contributed by atoms with van der Waals surface area (Å²) < 4.78 is 15.0. The lowest BCUT2D eigenvalue weighted by Crippen LogP contribution is -2.20. The molecule has 2 N–H and O–H groups in total. The Labute approximate surface area is 160 Å². The fraction of sp³-hybridized carbons (Fsp3) is 0.176. The highest BCUT2D eigenvalue weighted by Gasteiger charge is 2.15. The quantitative estimate of drug-likeness (QED) is 0.726. The summed E-state index contributed by atoms with van der Waals surface area (Å²) in [5.41, 5.74) is 0.830. The first-order valence-electron chi connectivity index (χ1n) is 7.27. The van der Waals surface area contributed by atoms with Crippen LogP contribution in [0.2, 0.25) is 10.0 Å². The van der Waals surface area contributed by atoms with Crippen LogP contribution < -0.4 is 20.1 Å². The van der Waals surface area contributed by atoms with Gasteiger partial charge < -0.3 is 24.8 Å². The van der Waals surface area contributed by atoms with E-state index in [2.05, 4.69) is 15.4 Å². The zero-order valence-corrected chi connectivity index (χ0v) is 15.7. The van der Waals surface area contributed by atoms with Gasteiger partial charge in [0.15, 0.2) is 0 Å². The Kier molecular flexibility index (Phi) is 6.54. The summed E-state index contributed by atoms with van der Waals surface area (Å²) in [5.74, 6) is 0.170. The van der Waals surface area contributed by atoms with Crippen LogP contribution in [0.1, 0.15) is 10.4 Å². The van der Waals surface area contributed by atoms with Gasteiger partial charge in [-0.1, -0.05) is 23.2 Å². The van der Waals surface area contributed by atoms with Gasteiger partial charge in [0.25, 0.3) is 0 Å². The van der Waals surface area contributed by atoms with Crippen molar-refractivity contribution >= 4 is 46.6 Å². The maximum Gasteiger partial charge on any atom is 0.337 e. The smallest absolute Gasteiger partial charge is 0.337 e. The molecular formula is C17H16Cl2N2O5. The van der Waals surface area contributed by atoms with Crippen molar-refractivity contribution in [3.63, 3.8) is 0 Å². The number of esters is 1. The molecule has 0 aliphatic rings. The van der Waals surface area contributed by atoms with Gasteiger partial charge in [0, 0.05) is 12.1 Å². The molecule has 0 saturated carbocycles. The van der Waals surface area contributed by atoms with Gasteiger partial charge in [-0.2, -0.15) is 0 Å². The lowest BCUT2D eigenvalue weighted by atomic mass is 10.2. The molecule has 0 aliphatic heterocycles. The van der Waals surface area contributed by atoms with Crippen molar-refractivity contribution in [1.29, 1.82) is 0 Å². The highest BCUT2D eigenvalue weighted by Crippen LogP contribution is 2.36. The fourth-order valence-corrected chi connectivity index (χ4v) is 2.50. The van der Waals surface area contributed by atoms with Crippen molar-refractivity contribution in [2.45, 2.75) is 0 Å². The molecule has 2 aromatic rings. The Morgan fingerprint density at radius 1 is 0.846 bits per heavy atom. The van der Waals surface area contributed by atoms with Gasteiger partial charge in [-0.15, -0.1) is 0 Å². The average Bonchev–Trinajstić information content (AvgIpc) is 2.63. The summed E-state index contributed by atoms with van der Waals surface area (Å²) in [6.07, 6.45) is 0. The summed E-state index contributed by atoms with van der Waals surface area (Å²) in [5, 5.41) is 5.77. The number of benzene rings is 2. The van der Waals surface area contributed by atoms with Crippen molar-refractivity contribution in [3.05, 3.63) is 45.9 Å². The van der Waals surface area contributed by atoms with E-state index >= 15 is 0 Å². The van der Waals surface area contributed by atoms with Crippen LogP contribution in [0.5, 0.6) is 11.5 Å². The number of carbonyl (C=O) groups excluding carboxylic acids is 2. The number of ether oxygens (including phenoxy) is 3. The molecule has 0 spiro atoms. The number of hydrogen-bond acceptors (Lipinski definition) is 5. The van der Waals surface area contributed by atoms with Gasteiger partial charge in [0.1, 0.15) is 11.5 Å². The second-order valence-corrected chi connectivity index (χ2v) is 5.77. The molecule has 26 heavy (non-hydrogen) atoms. The van der Waals surface area contributed by atoms with Crippen LogP contribution >= 0.6 is 23.2 Å². The first-order valence-corrected chi connectivity index (χ1v) is 8.02. The van der Waals surface area contributed by atoms with Crippen molar-refractivity contribution in [2.75, 3.05) is 32.0 Å². The van der Waals surface area contributed by atoms with Gasteiger partial charge in [-0.3, -0.25) is 0 Å². The number of methoxy groups -OCH3 is 3. The third-order valence-electron chi connectivity index (χ3n) is 3.36. The molecule has 0 unspecified atom stereocenters. The van der Waals surface area contributed by atoms with Crippen LogP contribution in [-0.4, -0.2) is 33.3 Å². The summed E-state index contributed by atoms with van der Waals surface area (Å²) >= 11 is 12.1. The van der Waals surface area contributed by atoms with Crippen LogP contribution in [0, 0.1) is 0 Å². The molecule has 2 rings (SSSR count). The molecule has 0 aromatic heterocycles. The molecule has 9 heteroatoms. The Morgan fingerprint density at radius 2 is 1.50 bits per heavy atom. The maximum absolute atomic E-state index is 12.3. The van der Waals surface area contributed by atoms with Crippen molar-refractivity contribution < 1.29 is 23.8 Å². The SMILES string of the molecule is COC(=O)c1ccc(Cl)c(NC(=O)Nc2cc(OC)c(Cl)cc2OC)c1. The van der Waals surface area contributed by atoms with E-state index in [1.807, 2.05) is 0 Å². The molecule has 2 aromatic carbocycles. The third-order valence-corrected chi connectivity index (χ3v) is 3.98. The molecule has 0 fully saturated rings. The van der Waals surface area contributed by atoms with Gasteiger partial charge in [0.2, 0.25) is 0 Å². The molecule has 0 aliphatic carbocycles. The maximum atomic E-state index is 12.3.